The van der Waals surface area contributed by atoms with Gasteiger partial charge in [-0.15, -0.1) is 10.2 Å². The molecule has 7 heteroatoms. The van der Waals surface area contributed by atoms with Crippen LogP contribution in [0.2, 0.25) is 10.3 Å². The number of nitrogens with zero attached hydrogens (tertiary/aromatic N) is 3. The molecule has 5 nitrogen and oxygen atoms in total. The first-order valence-electron chi connectivity index (χ1n) is 4.34. The molecule has 1 aromatic heterocycles. The molecule has 15 heavy (non-hydrogen) atoms. The molecule has 0 saturated carbocycles. The van der Waals surface area contributed by atoms with Crippen LogP contribution in [0.1, 0.15) is 0 Å². The zero-order valence-corrected chi connectivity index (χ0v) is 9.41. The van der Waals surface area contributed by atoms with Crippen LogP contribution in [0.5, 0.6) is 0 Å². The maximum atomic E-state index is 8.85. The van der Waals surface area contributed by atoms with Crippen molar-refractivity contribution in [3.63, 3.8) is 0 Å². The Balaban J connectivity index is 2.93. The van der Waals surface area contributed by atoms with Crippen LogP contribution in [0, 0.1) is 0 Å². The molecule has 0 atom stereocenters. The minimum absolute atomic E-state index is 0.0454. The van der Waals surface area contributed by atoms with E-state index in [1.165, 1.54) is 0 Å². The van der Waals surface area contributed by atoms with Gasteiger partial charge in [-0.05, 0) is 0 Å². The van der Waals surface area contributed by atoms with Gasteiger partial charge in [-0.3, -0.25) is 0 Å². The van der Waals surface area contributed by atoms with Gasteiger partial charge in [-0.2, -0.15) is 0 Å². The predicted octanol–water partition coefficient (Wildman–Crippen LogP) is 0.574. The Labute approximate surface area is 97.3 Å². The normalized spacial score (nSPS) is 10.4. The van der Waals surface area contributed by atoms with Gasteiger partial charge in [-0.25, -0.2) is 0 Å². The van der Waals surface area contributed by atoms with Crippen molar-refractivity contribution in [2.75, 3.05) is 31.2 Å². The van der Waals surface area contributed by atoms with Gasteiger partial charge < -0.3 is 15.1 Å². The van der Waals surface area contributed by atoms with Gasteiger partial charge >= 0.3 is 0 Å². The molecule has 1 aromatic rings. The maximum Gasteiger partial charge on any atom is 0.175 e. The molecule has 2 N–H and O–H groups in total. The van der Waals surface area contributed by atoms with Gasteiger partial charge in [0.2, 0.25) is 0 Å². The smallest absolute Gasteiger partial charge is 0.175 e. The third-order valence-electron chi connectivity index (χ3n) is 1.78. The van der Waals surface area contributed by atoms with Crippen LogP contribution in [-0.2, 0) is 0 Å². The Morgan fingerprint density at radius 3 is 2.27 bits per heavy atom. The van der Waals surface area contributed by atoms with Crippen molar-refractivity contribution in [1.82, 2.24) is 10.2 Å². The fourth-order valence-electron chi connectivity index (χ4n) is 1.16. The summed E-state index contributed by atoms with van der Waals surface area (Å²) in [5.74, 6) is 0. The molecular weight excluding hydrogens is 241 g/mol. The highest BCUT2D eigenvalue weighted by Crippen LogP contribution is 2.24. The van der Waals surface area contributed by atoms with Crippen molar-refractivity contribution >= 4 is 28.9 Å². The second kappa shape index (κ2) is 6.07. The number of rotatable bonds is 5. The molecule has 1 heterocycles. The molecular formula is C8H11Cl2N3O2. The Hall–Kier alpha value is -0.620. The van der Waals surface area contributed by atoms with E-state index in [2.05, 4.69) is 10.2 Å². The van der Waals surface area contributed by atoms with Gasteiger partial charge in [0, 0.05) is 19.2 Å². The molecule has 84 valence electrons. The fraction of sp³-hybridized carbons (Fsp3) is 0.500. The first-order valence-corrected chi connectivity index (χ1v) is 5.10. The monoisotopic (exact) mass is 251 g/mol. The standard InChI is InChI=1S/C8H11Cl2N3O2/c9-7-5-6(8(10)12-11-7)13(1-3-14)2-4-15/h5,14-15H,1-4H2. The highest BCUT2D eigenvalue weighted by molar-refractivity contribution is 6.33. The molecule has 0 aromatic carbocycles. The predicted molar refractivity (Wildman–Crippen MR) is 58.4 cm³/mol. The Morgan fingerprint density at radius 1 is 1.13 bits per heavy atom. The fourth-order valence-corrected chi connectivity index (χ4v) is 1.51. The lowest BCUT2D eigenvalue weighted by Gasteiger charge is -2.23. The highest BCUT2D eigenvalue weighted by atomic mass is 35.5. The Morgan fingerprint density at radius 2 is 1.73 bits per heavy atom. The summed E-state index contributed by atoms with van der Waals surface area (Å²) in [6.45, 7) is 0.608. The lowest BCUT2D eigenvalue weighted by Crippen LogP contribution is -2.30. The average Bonchev–Trinajstić information content (AvgIpc) is 2.21. The third kappa shape index (κ3) is 3.46. The van der Waals surface area contributed by atoms with Crippen molar-refractivity contribution < 1.29 is 10.2 Å². The summed E-state index contributed by atoms with van der Waals surface area (Å²) in [5.41, 5.74) is 0.555. The summed E-state index contributed by atoms with van der Waals surface area (Å²) in [7, 11) is 0. The van der Waals surface area contributed by atoms with Gasteiger partial charge in [0.15, 0.2) is 10.3 Å². The number of anilines is 1. The zero-order chi connectivity index (χ0) is 11.3. The zero-order valence-electron chi connectivity index (χ0n) is 7.90. The molecule has 0 amide bonds. The molecule has 0 bridgehead atoms. The van der Waals surface area contributed by atoms with Crippen LogP contribution in [0.15, 0.2) is 6.07 Å². The lowest BCUT2D eigenvalue weighted by molar-refractivity contribution is 0.281. The van der Waals surface area contributed by atoms with Crippen molar-refractivity contribution in [3.8, 4) is 0 Å². The minimum Gasteiger partial charge on any atom is -0.395 e. The van der Waals surface area contributed by atoms with Crippen molar-refractivity contribution in [3.05, 3.63) is 16.4 Å². The highest BCUT2D eigenvalue weighted by Gasteiger charge is 2.11. The SMILES string of the molecule is OCCN(CCO)c1cc(Cl)nnc1Cl. The van der Waals surface area contributed by atoms with E-state index in [1.807, 2.05) is 0 Å². The summed E-state index contributed by atoms with van der Waals surface area (Å²) in [4.78, 5) is 1.68. The largest absolute Gasteiger partial charge is 0.395 e. The molecule has 0 aliphatic rings. The first kappa shape index (κ1) is 12.4. The number of aliphatic hydroxyl groups is 2. The summed E-state index contributed by atoms with van der Waals surface area (Å²) < 4.78 is 0. The first-order chi connectivity index (χ1) is 7.19. The Bertz CT molecular complexity index is 319. The maximum absolute atomic E-state index is 8.85. The summed E-state index contributed by atoms with van der Waals surface area (Å²) in [5, 5.41) is 25.3. The van der Waals surface area contributed by atoms with Crippen LogP contribution in [-0.4, -0.2) is 46.7 Å². The van der Waals surface area contributed by atoms with E-state index in [9.17, 15) is 0 Å². The lowest BCUT2D eigenvalue weighted by atomic mass is 10.4. The second-order valence-corrected chi connectivity index (χ2v) is 3.52. The van der Waals surface area contributed by atoms with Gasteiger partial charge in [0.25, 0.3) is 0 Å². The molecule has 0 aliphatic heterocycles. The van der Waals surface area contributed by atoms with Gasteiger partial charge in [0.1, 0.15) is 0 Å². The average molecular weight is 252 g/mol. The number of halogens is 2. The molecule has 0 unspecified atom stereocenters. The van der Waals surface area contributed by atoms with E-state index in [-0.39, 0.29) is 23.5 Å². The summed E-state index contributed by atoms with van der Waals surface area (Å²) in [6.07, 6.45) is 0. The topological polar surface area (TPSA) is 69.5 Å². The van der Waals surface area contributed by atoms with E-state index in [0.717, 1.165) is 0 Å². The van der Waals surface area contributed by atoms with E-state index < -0.39 is 0 Å². The van der Waals surface area contributed by atoms with Gasteiger partial charge in [-0.1, -0.05) is 23.2 Å². The molecule has 0 saturated heterocycles. The van der Waals surface area contributed by atoms with Crippen molar-refractivity contribution in [1.29, 1.82) is 0 Å². The van der Waals surface area contributed by atoms with Crippen molar-refractivity contribution in [2.45, 2.75) is 0 Å². The summed E-state index contributed by atoms with van der Waals surface area (Å²) >= 11 is 11.5. The van der Waals surface area contributed by atoms with E-state index in [4.69, 9.17) is 33.4 Å². The number of hydrogen-bond donors (Lipinski definition) is 2. The number of aliphatic hydroxyl groups excluding tert-OH is 2. The van der Waals surface area contributed by atoms with Crippen LogP contribution in [0.3, 0.4) is 0 Å². The molecule has 0 radical (unpaired) electrons. The van der Waals surface area contributed by atoms with Crippen LogP contribution >= 0.6 is 23.2 Å². The quantitative estimate of drug-likeness (QED) is 0.801. The van der Waals surface area contributed by atoms with Crippen LogP contribution in [0.25, 0.3) is 0 Å². The van der Waals surface area contributed by atoms with Crippen LogP contribution in [0.4, 0.5) is 5.69 Å². The third-order valence-corrected chi connectivity index (χ3v) is 2.23. The van der Waals surface area contributed by atoms with E-state index in [1.54, 1.807) is 11.0 Å². The molecule has 0 aliphatic carbocycles. The molecule has 0 fully saturated rings. The number of hydrogen-bond acceptors (Lipinski definition) is 5. The van der Waals surface area contributed by atoms with E-state index >= 15 is 0 Å². The van der Waals surface area contributed by atoms with Gasteiger partial charge in [0.05, 0.1) is 18.9 Å². The second-order valence-electron chi connectivity index (χ2n) is 2.78. The number of aromatic nitrogens is 2. The Kier molecular flexibility index (Phi) is 5.04. The minimum atomic E-state index is -0.0454. The van der Waals surface area contributed by atoms with Crippen molar-refractivity contribution in [2.24, 2.45) is 0 Å². The molecule has 0 spiro atoms. The van der Waals surface area contributed by atoms with E-state index in [0.29, 0.717) is 18.8 Å². The molecule has 1 rings (SSSR count). The summed E-state index contributed by atoms with van der Waals surface area (Å²) in [6, 6.07) is 1.54. The van der Waals surface area contributed by atoms with Crippen LogP contribution < -0.4 is 4.90 Å².